The van der Waals surface area contributed by atoms with E-state index in [0.29, 0.717) is 12.1 Å². The number of benzene rings is 1. The monoisotopic (exact) mass is 274 g/mol. The van der Waals surface area contributed by atoms with Crippen LogP contribution in [-0.4, -0.2) is 39.8 Å². The highest BCUT2D eigenvalue weighted by molar-refractivity contribution is 5.98. The lowest BCUT2D eigenvalue weighted by atomic mass is 10.1. The molecule has 2 amide bonds. The van der Waals surface area contributed by atoms with E-state index in [1.807, 2.05) is 13.8 Å². The molecule has 20 heavy (non-hydrogen) atoms. The molecule has 0 fully saturated rings. The summed E-state index contributed by atoms with van der Waals surface area (Å²) in [7, 11) is 0. The Hall–Kier alpha value is -2.37. The molecule has 6 heteroatoms. The van der Waals surface area contributed by atoms with Gasteiger partial charge in [0.2, 0.25) is 5.91 Å². The summed E-state index contributed by atoms with van der Waals surface area (Å²) < 4.78 is 0. The summed E-state index contributed by atoms with van der Waals surface area (Å²) >= 11 is 0. The normalized spacial score (nSPS) is 10.9. The third kappa shape index (κ3) is 3.14. The Morgan fingerprint density at radius 1 is 1.40 bits per heavy atom. The van der Waals surface area contributed by atoms with Gasteiger partial charge in [0.1, 0.15) is 0 Å². The Morgan fingerprint density at radius 3 is 2.80 bits per heavy atom. The van der Waals surface area contributed by atoms with Gasteiger partial charge in [0.15, 0.2) is 0 Å². The van der Waals surface area contributed by atoms with Crippen LogP contribution in [0.2, 0.25) is 0 Å². The summed E-state index contributed by atoms with van der Waals surface area (Å²) in [6, 6.07) is 5.22. The van der Waals surface area contributed by atoms with E-state index in [0.717, 1.165) is 11.0 Å². The van der Waals surface area contributed by atoms with Crippen LogP contribution in [0.4, 0.5) is 0 Å². The van der Waals surface area contributed by atoms with Gasteiger partial charge in [0, 0.05) is 12.1 Å². The van der Waals surface area contributed by atoms with E-state index in [9.17, 15) is 9.59 Å². The lowest BCUT2D eigenvalue weighted by Gasteiger charge is -2.23. The first kappa shape index (κ1) is 14.0. The Kier molecular flexibility index (Phi) is 4.02. The highest BCUT2D eigenvalue weighted by Gasteiger charge is 2.19. The number of aromatic amines is 1. The molecule has 0 aliphatic heterocycles. The number of rotatable bonds is 5. The van der Waals surface area contributed by atoms with Crippen LogP contribution in [0.15, 0.2) is 24.5 Å². The minimum absolute atomic E-state index is 0.0714. The number of carbonyl (C=O) groups is 2. The first-order chi connectivity index (χ1) is 9.47. The van der Waals surface area contributed by atoms with E-state index < -0.39 is 5.91 Å². The maximum atomic E-state index is 12.5. The number of nitrogens with zero attached hydrogens (tertiary/aromatic N) is 2. The van der Waals surface area contributed by atoms with Gasteiger partial charge in [-0.3, -0.25) is 9.59 Å². The van der Waals surface area contributed by atoms with Gasteiger partial charge in [0.25, 0.3) is 5.91 Å². The summed E-state index contributed by atoms with van der Waals surface area (Å²) in [5.41, 5.74) is 7.32. The van der Waals surface area contributed by atoms with Crippen LogP contribution in [0.3, 0.4) is 0 Å². The van der Waals surface area contributed by atoms with Crippen LogP contribution in [0.5, 0.6) is 0 Å². The smallest absolute Gasteiger partial charge is 0.254 e. The quantitative estimate of drug-likeness (QED) is 0.856. The van der Waals surface area contributed by atoms with Crippen LogP contribution in [0.1, 0.15) is 24.2 Å². The van der Waals surface area contributed by atoms with Crippen molar-refractivity contribution in [3.8, 4) is 0 Å². The summed E-state index contributed by atoms with van der Waals surface area (Å²) in [6.07, 6.45) is 1.58. The number of hydrogen-bond acceptors (Lipinski definition) is 3. The SMILES string of the molecule is CC(C)CN(CC(N)=O)C(=O)c1ccc2nc[nH]c2c1. The molecule has 0 spiro atoms. The second kappa shape index (κ2) is 5.73. The van der Waals surface area contributed by atoms with Crippen molar-refractivity contribution in [2.45, 2.75) is 13.8 Å². The van der Waals surface area contributed by atoms with Crippen LogP contribution >= 0.6 is 0 Å². The standard InChI is InChI=1S/C14H18N4O2/c1-9(2)6-18(7-13(15)19)14(20)10-3-4-11-12(5-10)17-8-16-11/h3-5,8-9H,6-7H2,1-2H3,(H2,15,19)(H,16,17). The molecule has 0 saturated heterocycles. The van der Waals surface area contributed by atoms with Gasteiger partial charge in [-0.2, -0.15) is 0 Å². The molecule has 106 valence electrons. The maximum absolute atomic E-state index is 12.5. The number of hydrogen-bond donors (Lipinski definition) is 2. The number of fused-ring (bicyclic) bond motifs is 1. The van der Waals surface area contributed by atoms with Gasteiger partial charge in [-0.1, -0.05) is 13.8 Å². The minimum atomic E-state index is -0.512. The fourth-order valence-corrected chi connectivity index (χ4v) is 2.10. The zero-order valence-corrected chi connectivity index (χ0v) is 11.6. The predicted molar refractivity (Wildman–Crippen MR) is 76.0 cm³/mol. The van der Waals surface area contributed by atoms with Crippen molar-refractivity contribution in [1.82, 2.24) is 14.9 Å². The van der Waals surface area contributed by atoms with Crippen molar-refractivity contribution in [1.29, 1.82) is 0 Å². The van der Waals surface area contributed by atoms with Crippen molar-refractivity contribution < 1.29 is 9.59 Å². The summed E-state index contributed by atoms with van der Waals surface area (Å²) in [5, 5.41) is 0. The van der Waals surface area contributed by atoms with E-state index in [-0.39, 0.29) is 18.4 Å². The number of nitrogens with two attached hydrogens (primary N) is 1. The Morgan fingerprint density at radius 2 is 2.15 bits per heavy atom. The Bertz CT molecular complexity index is 633. The van der Waals surface area contributed by atoms with Crippen LogP contribution in [0, 0.1) is 5.92 Å². The molecule has 0 aliphatic carbocycles. The Balaban J connectivity index is 2.26. The molecule has 0 atom stereocenters. The lowest BCUT2D eigenvalue weighted by Crippen LogP contribution is -2.40. The molecule has 2 rings (SSSR count). The molecule has 1 aromatic heterocycles. The average molecular weight is 274 g/mol. The molecular weight excluding hydrogens is 256 g/mol. The predicted octanol–water partition coefficient (Wildman–Crippen LogP) is 1.15. The largest absolute Gasteiger partial charge is 0.368 e. The summed E-state index contributed by atoms with van der Waals surface area (Å²) in [6.45, 7) is 4.39. The van der Waals surface area contributed by atoms with Gasteiger partial charge in [0.05, 0.1) is 23.9 Å². The molecule has 0 unspecified atom stereocenters. The number of primary amides is 1. The molecule has 2 aromatic rings. The molecule has 0 radical (unpaired) electrons. The highest BCUT2D eigenvalue weighted by Crippen LogP contribution is 2.14. The lowest BCUT2D eigenvalue weighted by molar-refractivity contribution is -0.118. The van der Waals surface area contributed by atoms with Crippen molar-refractivity contribution in [3.05, 3.63) is 30.1 Å². The Labute approximate surface area is 117 Å². The molecule has 1 heterocycles. The van der Waals surface area contributed by atoms with Gasteiger partial charge in [-0.25, -0.2) is 4.98 Å². The second-order valence-corrected chi connectivity index (χ2v) is 5.18. The van der Waals surface area contributed by atoms with Crippen molar-refractivity contribution in [2.24, 2.45) is 11.7 Å². The first-order valence-corrected chi connectivity index (χ1v) is 6.48. The zero-order valence-electron chi connectivity index (χ0n) is 11.6. The molecular formula is C14H18N4O2. The number of nitrogens with one attached hydrogen (secondary N) is 1. The van der Waals surface area contributed by atoms with E-state index in [1.165, 1.54) is 4.90 Å². The van der Waals surface area contributed by atoms with Gasteiger partial charge in [-0.15, -0.1) is 0 Å². The average Bonchev–Trinajstić information content (AvgIpc) is 2.83. The highest BCUT2D eigenvalue weighted by atomic mass is 16.2. The fraction of sp³-hybridized carbons (Fsp3) is 0.357. The van der Waals surface area contributed by atoms with Gasteiger partial charge in [-0.05, 0) is 24.1 Å². The van der Waals surface area contributed by atoms with Crippen LogP contribution < -0.4 is 5.73 Å². The van der Waals surface area contributed by atoms with Crippen LogP contribution in [-0.2, 0) is 4.79 Å². The van der Waals surface area contributed by atoms with E-state index in [4.69, 9.17) is 5.73 Å². The van der Waals surface area contributed by atoms with E-state index in [2.05, 4.69) is 9.97 Å². The molecule has 6 nitrogen and oxygen atoms in total. The van der Waals surface area contributed by atoms with Gasteiger partial charge >= 0.3 is 0 Å². The summed E-state index contributed by atoms with van der Waals surface area (Å²) in [5.74, 6) is -0.454. The zero-order chi connectivity index (χ0) is 14.7. The number of aromatic nitrogens is 2. The van der Waals surface area contributed by atoms with E-state index in [1.54, 1.807) is 24.5 Å². The fourth-order valence-electron chi connectivity index (χ4n) is 2.10. The van der Waals surface area contributed by atoms with Crippen molar-refractivity contribution in [2.75, 3.05) is 13.1 Å². The molecule has 3 N–H and O–H groups in total. The summed E-state index contributed by atoms with van der Waals surface area (Å²) in [4.78, 5) is 32.1. The molecule has 1 aromatic carbocycles. The number of H-pyrrole nitrogens is 1. The third-order valence-corrected chi connectivity index (χ3v) is 2.89. The molecule has 0 aliphatic rings. The van der Waals surface area contributed by atoms with E-state index >= 15 is 0 Å². The minimum Gasteiger partial charge on any atom is -0.368 e. The topological polar surface area (TPSA) is 92.1 Å². The molecule has 0 bridgehead atoms. The maximum Gasteiger partial charge on any atom is 0.254 e. The van der Waals surface area contributed by atoms with Crippen LogP contribution in [0.25, 0.3) is 11.0 Å². The molecule has 0 saturated carbocycles. The number of amides is 2. The number of carbonyl (C=O) groups excluding carboxylic acids is 2. The second-order valence-electron chi connectivity index (χ2n) is 5.18. The number of imidazole rings is 1. The third-order valence-electron chi connectivity index (χ3n) is 2.89. The van der Waals surface area contributed by atoms with Crippen molar-refractivity contribution in [3.63, 3.8) is 0 Å². The van der Waals surface area contributed by atoms with Gasteiger partial charge < -0.3 is 15.6 Å². The first-order valence-electron chi connectivity index (χ1n) is 6.48. The van der Waals surface area contributed by atoms with Crippen molar-refractivity contribution >= 4 is 22.8 Å².